The van der Waals surface area contributed by atoms with Gasteiger partial charge in [-0.25, -0.2) is 5.84 Å². The van der Waals surface area contributed by atoms with Crippen LogP contribution in [0, 0.1) is 0 Å². The number of hydrogen-bond acceptors (Lipinski definition) is 5. The average Bonchev–Trinajstić information content (AvgIpc) is 2.93. The molecule has 0 radical (unpaired) electrons. The lowest BCUT2D eigenvalue weighted by Gasteiger charge is -2.12. The molecule has 0 spiro atoms. The number of carbonyl (C=O) groups excluding carboxylic acids is 1. The summed E-state index contributed by atoms with van der Waals surface area (Å²) < 4.78 is 11.1. The fourth-order valence-electron chi connectivity index (χ4n) is 2.05. The third-order valence-electron chi connectivity index (χ3n) is 3.07. The first-order valence-corrected chi connectivity index (χ1v) is 6.43. The maximum atomic E-state index is 11.3. The zero-order valence-corrected chi connectivity index (χ0v) is 10.7. The maximum Gasteiger partial charge on any atom is 0.263 e. The molecule has 6 heteroatoms. The molecule has 0 bridgehead atoms. The fourth-order valence-corrected chi connectivity index (χ4v) is 2.05. The zero-order chi connectivity index (χ0) is 13.5. The Morgan fingerprint density at radius 2 is 2.42 bits per heavy atom. The molecule has 2 unspecified atom stereocenters. The van der Waals surface area contributed by atoms with Crippen molar-refractivity contribution in [2.45, 2.75) is 31.5 Å². The van der Waals surface area contributed by atoms with Gasteiger partial charge in [-0.05, 0) is 25.0 Å². The van der Waals surface area contributed by atoms with Gasteiger partial charge < -0.3 is 9.47 Å². The highest BCUT2D eigenvalue weighted by Crippen LogP contribution is 2.19. The van der Waals surface area contributed by atoms with Gasteiger partial charge in [0, 0.05) is 18.3 Å². The van der Waals surface area contributed by atoms with Gasteiger partial charge in [-0.15, -0.1) is 0 Å². The molecule has 2 atom stereocenters. The van der Waals surface area contributed by atoms with Crippen LogP contribution in [0.3, 0.4) is 0 Å². The average molecular weight is 265 g/mol. The van der Waals surface area contributed by atoms with E-state index in [2.05, 4.69) is 10.4 Å². The van der Waals surface area contributed by atoms with Crippen molar-refractivity contribution < 1.29 is 14.3 Å². The van der Waals surface area contributed by atoms with E-state index in [1.54, 1.807) is 6.20 Å². The number of nitrogens with one attached hydrogen (secondary N) is 1. The first kappa shape index (κ1) is 13.9. The van der Waals surface area contributed by atoms with Crippen molar-refractivity contribution in [1.82, 2.24) is 10.4 Å². The molecule has 1 fully saturated rings. The fraction of sp³-hybridized carbons (Fsp3) is 0.538. The monoisotopic (exact) mass is 265 g/mol. The molecule has 19 heavy (non-hydrogen) atoms. The quantitative estimate of drug-likeness (QED) is 0.331. The second kappa shape index (κ2) is 7.18. The third-order valence-corrected chi connectivity index (χ3v) is 3.07. The van der Waals surface area contributed by atoms with E-state index in [0.717, 1.165) is 18.5 Å². The number of carbonyl (C=O) groups is 1. The van der Waals surface area contributed by atoms with E-state index in [0.29, 0.717) is 19.6 Å². The summed E-state index contributed by atoms with van der Waals surface area (Å²) in [7, 11) is 0. The number of amides is 1. The van der Waals surface area contributed by atoms with Gasteiger partial charge in [-0.3, -0.25) is 15.2 Å². The number of nitrogens with two attached hydrogens (primary N) is 1. The molecular formula is C13H19N3O3. The molecule has 1 aromatic heterocycles. The highest BCUT2D eigenvalue weighted by atomic mass is 16.5. The number of hydrogen-bond donors (Lipinski definition) is 2. The van der Waals surface area contributed by atoms with Crippen LogP contribution in [0.1, 0.15) is 18.5 Å². The maximum absolute atomic E-state index is 11.3. The summed E-state index contributed by atoms with van der Waals surface area (Å²) in [5.41, 5.74) is 3.11. The lowest BCUT2D eigenvalue weighted by Crippen LogP contribution is -2.39. The Balaban J connectivity index is 1.61. The summed E-state index contributed by atoms with van der Waals surface area (Å²) in [6.45, 7) is 1.10. The molecule has 1 aliphatic rings. The number of rotatable bonds is 6. The molecule has 0 aromatic carbocycles. The van der Waals surface area contributed by atoms with E-state index in [1.807, 2.05) is 18.2 Å². The lowest BCUT2D eigenvalue weighted by atomic mass is 10.2. The Morgan fingerprint density at radius 1 is 1.53 bits per heavy atom. The van der Waals surface area contributed by atoms with E-state index >= 15 is 0 Å². The van der Waals surface area contributed by atoms with Crippen LogP contribution in [0.15, 0.2) is 24.4 Å². The molecule has 1 saturated heterocycles. The van der Waals surface area contributed by atoms with Crippen LogP contribution in [0.2, 0.25) is 0 Å². The van der Waals surface area contributed by atoms with Gasteiger partial charge in [0.05, 0.1) is 19.3 Å². The molecule has 0 aliphatic carbocycles. The molecule has 1 aliphatic heterocycles. The van der Waals surface area contributed by atoms with Crippen molar-refractivity contribution in [3.63, 3.8) is 0 Å². The molecule has 1 amide bonds. The predicted molar refractivity (Wildman–Crippen MR) is 69.0 cm³/mol. The number of hydrazine groups is 1. The lowest BCUT2D eigenvalue weighted by molar-refractivity contribution is -0.133. The molecule has 1 aromatic rings. The third kappa shape index (κ3) is 4.27. The Bertz CT molecular complexity index is 399. The van der Waals surface area contributed by atoms with Gasteiger partial charge in [0.2, 0.25) is 0 Å². The van der Waals surface area contributed by atoms with Crippen LogP contribution in [-0.2, 0) is 20.7 Å². The van der Waals surface area contributed by atoms with Gasteiger partial charge in [-0.2, -0.15) is 0 Å². The first-order chi connectivity index (χ1) is 9.29. The van der Waals surface area contributed by atoms with Crippen molar-refractivity contribution in [2.24, 2.45) is 5.84 Å². The zero-order valence-electron chi connectivity index (χ0n) is 10.7. The van der Waals surface area contributed by atoms with Crippen LogP contribution < -0.4 is 11.3 Å². The number of aromatic nitrogens is 1. The van der Waals surface area contributed by atoms with Gasteiger partial charge in [0.25, 0.3) is 5.91 Å². The molecule has 2 heterocycles. The van der Waals surface area contributed by atoms with Crippen molar-refractivity contribution in [3.8, 4) is 0 Å². The molecule has 3 N–H and O–H groups in total. The minimum atomic E-state index is -0.436. The van der Waals surface area contributed by atoms with Crippen LogP contribution >= 0.6 is 0 Å². The Labute approximate surface area is 112 Å². The summed E-state index contributed by atoms with van der Waals surface area (Å²) in [5, 5.41) is 0. The van der Waals surface area contributed by atoms with Crippen LogP contribution in [-0.4, -0.2) is 36.3 Å². The topological polar surface area (TPSA) is 86.5 Å². The molecule has 2 rings (SSSR count). The van der Waals surface area contributed by atoms with Crippen molar-refractivity contribution in [3.05, 3.63) is 30.1 Å². The standard InChI is InChI=1S/C13H19N3O3/c14-16-13(17)12-5-4-11(19-12)9-18-8-6-10-3-1-2-7-15-10/h1-3,7,11-12H,4-6,8-9,14H2,(H,16,17). The second-order valence-corrected chi connectivity index (χ2v) is 4.48. The summed E-state index contributed by atoms with van der Waals surface area (Å²) in [6.07, 6.45) is 3.60. The highest BCUT2D eigenvalue weighted by Gasteiger charge is 2.30. The predicted octanol–water partition coefficient (Wildman–Crippen LogP) is 0.178. The largest absolute Gasteiger partial charge is 0.378 e. The van der Waals surface area contributed by atoms with Crippen LogP contribution in [0.4, 0.5) is 0 Å². The van der Waals surface area contributed by atoms with Crippen molar-refractivity contribution in [2.75, 3.05) is 13.2 Å². The summed E-state index contributed by atoms with van der Waals surface area (Å²) in [6, 6.07) is 5.81. The van der Waals surface area contributed by atoms with E-state index < -0.39 is 6.10 Å². The Kier molecular flexibility index (Phi) is 5.26. The van der Waals surface area contributed by atoms with Gasteiger partial charge >= 0.3 is 0 Å². The normalized spacial score (nSPS) is 22.4. The SMILES string of the molecule is NNC(=O)C1CCC(COCCc2ccccn2)O1. The van der Waals surface area contributed by atoms with Gasteiger partial charge in [0.1, 0.15) is 6.10 Å². The van der Waals surface area contributed by atoms with Crippen LogP contribution in [0.25, 0.3) is 0 Å². The Hall–Kier alpha value is -1.50. The van der Waals surface area contributed by atoms with E-state index in [4.69, 9.17) is 15.3 Å². The minimum Gasteiger partial charge on any atom is -0.378 e. The summed E-state index contributed by atoms with van der Waals surface area (Å²) in [4.78, 5) is 15.5. The molecule has 0 saturated carbocycles. The highest BCUT2D eigenvalue weighted by molar-refractivity contribution is 5.80. The van der Waals surface area contributed by atoms with Gasteiger partial charge in [0.15, 0.2) is 0 Å². The minimum absolute atomic E-state index is 0.0222. The Morgan fingerprint density at radius 3 is 3.16 bits per heavy atom. The molecular weight excluding hydrogens is 246 g/mol. The number of nitrogens with zero attached hydrogens (tertiary/aromatic N) is 1. The second-order valence-electron chi connectivity index (χ2n) is 4.48. The number of ether oxygens (including phenoxy) is 2. The van der Waals surface area contributed by atoms with E-state index in [-0.39, 0.29) is 12.0 Å². The van der Waals surface area contributed by atoms with E-state index in [9.17, 15) is 4.79 Å². The summed E-state index contributed by atoms with van der Waals surface area (Å²) >= 11 is 0. The molecule has 104 valence electrons. The smallest absolute Gasteiger partial charge is 0.263 e. The number of pyridine rings is 1. The van der Waals surface area contributed by atoms with Crippen molar-refractivity contribution >= 4 is 5.91 Å². The van der Waals surface area contributed by atoms with Gasteiger partial charge in [-0.1, -0.05) is 6.07 Å². The first-order valence-electron chi connectivity index (χ1n) is 6.43. The van der Waals surface area contributed by atoms with E-state index in [1.165, 1.54) is 0 Å². The van der Waals surface area contributed by atoms with Crippen molar-refractivity contribution in [1.29, 1.82) is 0 Å². The van der Waals surface area contributed by atoms with Crippen LogP contribution in [0.5, 0.6) is 0 Å². The molecule has 6 nitrogen and oxygen atoms in total. The summed E-state index contributed by atoms with van der Waals surface area (Å²) in [5.74, 6) is 4.80.